The number of aromatic nitrogens is 3. The van der Waals surface area contributed by atoms with Crippen molar-refractivity contribution in [2.75, 3.05) is 13.7 Å². The van der Waals surface area contributed by atoms with Crippen LogP contribution in [0.15, 0.2) is 36.7 Å². The number of ketones is 1. The van der Waals surface area contributed by atoms with Crippen LogP contribution in [0, 0.1) is 12.7 Å². The Morgan fingerprint density at radius 2 is 2.00 bits per heavy atom. The van der Waals surface area contributed by atoms with Gasteiger partial charge < -0.3 is 24.5 Å². The lowest BCUT2D eigenvalue weighted by molar-refractivity contribution is -0.124. The van der Waals surface area contributed by atoms with Gasteiger partial charge in [0.25, 0.3) is 0 Å². The van der Waals surface area contributed by atoms with E-state index in [0.29, 0.717) is 33.3 Å². The van der Waals surface area contributed by atoms with Crippen LogP contribution in [0.3, 0.4) is 0 Å². The summed E-state index contributed by atoms with van der Waals surface area (Å²) in [7, 11) is 1.51. The molecule has 2 aromatic carbocycles. The molecule has 0 aliphatic carbocycles. The second-order valence-electron chi connectivity index (χ2n) is 8.44. The van der Waals surface area contributed by atoms with E-state index in [4.69, 9.17) is 14.2 Å². The maximum atomic E-state index is 15.1. The summed E-state index contributed by atoms with van der Waals surface area (Å²) in [6, 6.07) is 8.35. The first-order valence-corrected chi connectivity index (χ1v) is 11.1. The number of hydrogen-bond donors (Lipinski definition) is 2. The Balaban J connectivity index is 1.51. The molecule has 176 valence electrons. The van der Waals surface area contributed by atoms with Crippen molar-refractivity contribution in [3.8, 4) is 23.1 Å². The molecule has 9 heteroatoms. The molecule has 1 aliphatic heterocycles. The Morgan fingerprint density at radius 1 is 1.15 bits per heavy atom. The van der Waals surface area contributed by atoms with Crippen molar-refractivity contribution in [2.45, 2.75) is 38.8 Å². The van der Waals surface area contributed by atoms with Crippen molar-refractivity contribution >= 4 is 27.6 Å². The van der Waals surface area contributed by atoms with E-state index in [9.17, 15) is 4.79 Å². The molecule has 3 heterocycles. The molecule has 2 aromatic heterocycles. The van der Waals surface area contributed by atoms with E-state index < -0.39 is 11.9 Å². The molecular weight excluding hydrogens is 439 g/mol. The fourth-order valence-corrected chi connectivity index (χ4v) is 4.40. The summed E-state index contributed by atoms with van der Waals surface area (Å²) < 4.78 is 32.6. The number of aromatic amines is 1. The quantitative estimate of drug-likeness (QED) is 0.417. The number of Topliss-reactive ketones (excluding diaryl/α,β-unsaturated/α-hetero) is 1. The standard InChI is InChI=1S/C25H25FN4O4/c1-13-9-15-17(30-13)6-7-20(23(15)26)34-25-16-10-21(32-3)22(11-19(16)28-12-29-25)33-24(14(2)31)18-5-4-8-27-18/h6-7,9-12,18,24,27,30H,4-5,8H2,1-3H3/t18-,24?/m1/s1. The number of rotatable bonds is 7. The Hall–Kier alpha value is -3.72. The topological polar surface area (TPSA) is 98.4 Å². The van der Waals surface area contributed by atoms with E-state index in [2.05, 4.69) is 20.3 Å². The number of nitrogens with zero attached hydrogens (tertiary/aromatic N) is 2. The summed E-state index contributed by atoms with van der Waals surface area (Å²) in [5.74, 6) is 0.473. The minimum atomic E-state index is -0.642. The van der Waals surface area contributed by atoms with Gasteiger partial charge in [-0.25, -0.2) is 14.4 Å². The zero-order valence-corrected chi connectivity index (χ0v) is 19.1. The average Bonchev–Trinajstić information content (AvgIpc) is 3.48. The first-order valence-electron chi connectivity index (χ1n) is 11.1. The minimum absolute atomic E-state index is 0.0507. The van der Waals surface area contributed by atoms with Crippen molar-refractivity contribution in [3.63, 3.8) is 0 Å². The number of halogens is 1. The lowest BCUT2D eigenvalue weighted by Crippen LogP contribution is -2.43. The highest BCUT2D eigenvalue weighted by molar-refractivity contribution is 5.88. The number of aryl methyl sites for hydroxylation is 1. The molecule has 0 spiro atoms. The number of H-pyrrole nitrogens is 1. The number of hydrogen-bond acceptors (Lipinski definition) is 7. The molecule has 2 N–H and O–H groups in total. The minimum Gasteiger partial charge on any atom is -0.493 e. The highest BCUT2D eigenvalue weighted by Gasteiger charge is 2.31. The number of nitrogens with one attached hydrogen (secondary N) is 2. The van der Waals surface area contributed by atoms with Crippen molar-refractivity contribution in [1.29, 1.82) is 0 Å². The molecule has 1 saturated heterocycles. The molecule has 1 fully saturated rings. The first-order chi connectivity index (χ1) is 16.4. The van der Waals surface area contributed by atoms with E-state index in [-0.39, 0.29) is 23.5 Å². The van der Waals surface area contributed by atoms with Gasteiger partial charge in [0, 0.05) is 22.7 Å². The third kappa shape index (κ3) is 4.03. The number of fused-ring (bicyclic) bond motifs is 2. The maximum Gasteiger partial charge on any atom is 0.230 e. The summed E-state index contributed by atoms with van der Waals surface area (Å²) in [5, 5.41) is 4.28. The first kappa shape index (κ1) is 22.1. The smallest absolute Gasteiger partial charge is 0.230 e. The largest absolute Gasteiger partial charge is 0.493 e. The monoisotopic (exact) mass is 464 g/mol. The predicted molar refractivity (Wildman–Crippen MR) is 125 cm³/mol. The Kier molecular flexibility index (Phi) is 5.79. The summed E-state index contributed by atoms with van der Waals surface area (Å²) in [4.78, 5) is 23.9. The van der Waals surface area contributed by atoms with Crippen molar-refractivity contribution in [3.05, 3.63) is 48.2 Å². The molecule has 34 heavy (non-hydrogen) atoms. The molecule has 1 unspecified atom stereocenters. The number of methoxy groups -OCH3 is 1. The van der Waals surface area contributed by atoms with E-state index >= 15 is 4.39 Å². The second kappa shape index (κ2) is 8.90. The summed E-state index contributed by atoms with van der Waals surface area (Å²) >= 11 is 0. The van der Waals surface area contributed by atoms with Crippen LogP contribution in [0.2, 0.25) is 0 Å². The van der Waals surface area contributed by atoms with E-state index in [1.807, 2.05) is 6.92 Å². The third-order valence-corrected chi connectivity index (χ3v) is 6.05. The zero-order valence-electron chi connectivity index (χ0n) is 19.1. The molecule has 0 radical (unpaired) electrons. The van der Waals surface area contributed by atoms with Crippen LogP contribution in [0.1, 0.15) is 25.5 Å². The fraction of sp³-hybridized carbons (Fsp3) is 0.320. The highest BCUT2D eigenvalue weighted by Crippen LogP contribution is 2.38. The highest BCUT2D eigenvalue weighted by atomic mass is 19.1. The lowest BCUT2D eigenvalue weighted by atomic mass is 10.1. The summed E-state index contributed by atoms with van der Waals surface area (Å²) in [5.41, 5.74) is 2.06. The second-order valence-corrected chi connectivity index (χ2v) is 8.44. The molecule has 0 bridgehead atoms. The van der Waals surface area contributed by atoms with Gasteiger partial charge in [0.05, 0.1) is 24.1 Å². The Morgan fingerprint density at radius 3 is 2.74 bits per heavy atom. The molecule has 8 nitrogen and oxygen atoms in total. The van der Waals surface area contributed by atoms with Gasteiger partial charge >= 0.3 is 0 Å². The number of ether oxygens (including phenoxy) is 3. The van der Waals surface area contributed by atoms with Crippen LogP contribution in [0.4, 0.5) is 4.39 Å². The van der Waals surface area contributed by atoms with E-state index in [1.165, 1.54) is 20.4 Å². The van der Waals surface area contributed by atoms with Gasteiger partial charge in [0.1, 0.15) is 6.33 Å². The number of carbonyl (C=O) groups excluding carboxylic acids is 1. The molecular formula is C25H25FN4O4. The third-order valence-electron chi connectivity index (χ3n) is 6.05. The van der Waals surface area contributed by atoms with Gasteiger partial charge in [0.2, 0.25) is 5.88 Å². The van der Waals surface area contributed by atoms with Crippen molar-refractivity contribution in [2.24, 2.45) is 0 Å². The van der Waals surface area contributed by atoms with Crippen LogP contribution >= 0.6 is 0 Å². The molecule has 5 rings (SSSR count). The van der Waals surface area contributed by atoms with Crippen LogP contribution < -0.4 is 19.5 Å². The van der Waals surface area contributed by atoms with Crippen molar-refractivity contribution in [1.82, 2.24) is 20.3 Å². The van der Waals surface area contributed by atoms with Gasteiger partial charge in [-0.05, 0) is 57.5 Å². The molecule has 1 aliphatic rings. The maximum absolute atomic E-state index is 15.1. The molecule has 0 amide bonds. The SMILES string of the molecule is COc1cc2c(Oc3ccc4[nH]c(C)cc4c3F)ncnc2cc1OC(C(C)=O)[C@H]1CCCN1. The zero-order chi connectivity index (χ0) is 23.8. The van der Waals surface area contributed by atoms with Crippen LogP contribution in [0.25, 0.3) is 21.8 Å². The Labute approximate surface area is 195 Å². The fourth-order valence-electron chi connectivity index (χ4n) is 4.40. The van der Waals surface area contributed by atoms with E-state index in [0.717, 1.165) is 25.1 Å². The predicted octanol–water partition coefficient (Wildman–Crippen LogP) is 4.45. The Bertz CT molecular complexity index is 1380. The van der Waals surface area contributed by atoms with Crippen LogP contribution in [-0.4, -0.2) is 46.5 Å². The van der Waals surface area contributed by atoms with Crippen LogP contribution in [0.5, 0.6) is 23.1 Å². The van der Waals surface area contributed by atoms with Gasteiger partial charge in [-0.15, -0.1) is 0 Å². The van der Waals surface area contributed by atoms with Gasteiger partial charge in [-0.3, -0.25) is 4.79 Å². The van der Waals surface area contributed by atoms with Gasteiger partial charge in [0.15, 0.2) is 35.0 Å². The molecule has 4 aromatic rings. The summed E-state index contributed by atoms with van der Waals surface area (Å²) in [6.45, 7) is 4.23. The van der Waals surface area contributed by atoms with Gasteiger partial charge in [-0.1, -0.05) is 0 Å². The molecule has 2 atom stereocenters. The average molecular weight is 464 g/mol. The van der Waals surface area contributed by atoms with E-state index in [1.54, 1.807) is 30.3 Å². The molecule has 0 saturated carbocycles. The lowest BCUT2D eigenvalue weighted by Gasteiger charge is -2.24. The summed E-state index contributed by atoms with van der Waals surface area (Å²) in [6.07, 6.45) is 2.55. The normalized spacial score (nSPS) is 16.6. The number of benzene rings is 2. The number of carbonyl (C=O) groups is 1. The van der Waals surface area contributed by atoms with Gasteiger partial charge in [-0.2, -0.15) is 0 Å². The van der Waals surface area contributed by atoms with Crippen LogP contribution in [-0.2, 0) is 4.79 Å². The van der Waals surface area contributed by atoms with Crippen molar-refractivity contribution < 1.29 is 23.4 Å².